The highest BCUT2D eigenvalue weighted by atomic mass is 19.1. The van der Waals surface area contributed by atoms with Crippen LogP contribution in [0.15, 0.2) is 67.3 Å². The van der Waals surface area contributed by atoms with Crippen LogP contribution in [0, 0.1) is 29.5 Å². The van der Waals surface area contributed by atoms with E-state index in [1.165, 1.54) is 31.2 Å². The fraction of sp³-hybridized carbons (Fsp3) is 0.355. The molecular weight excluding hydrogens is 391 g/mol. The molecule has 0 nitrogen and oxygen atoms in total. The Hall–Kier alpha value is -2.85. The van der Waals surface area contributed by atoms with Crippen molar-refractivity contribution in [3.8, 4) is 11.8 Å². The minimum Gasteiger partial charge on any atom is -0.206 e. The first-order valence-corrected chi connectivity index (χ1v) is 12.1. The maximum atomic E-state index is 15.2. The zero-order valence-corrected chi connectivity index (χ0v) is 19.2. The van der Waals surface area contributed by atoms with Gasteiger partial charge in [0.25, 0.3) is 0 Å². The molecule has 0 atom stereocenters. The highest BCUT2D eigenvalue weighted by Gasteiger charge is 2.19. The lowest BCUT2D eigenvalue weighted by atomic mass is 9.79. The number of fused-ring (bicyclic) bond motifs is 1. The SMILES string of the molecule is C=CC1CCC(CCc2ccc3cc(C#Cc4ccc(CCC)cc4)ccc3c2F)CC1. The molecule has 32 heavy (non-hydrogen) atoms. The van der Waals surface area contributed by atoms with Crippen molar-refractivity contribution in [2.45, 2.75) is 58.3 Å². The van der Waals surface area contributed by atoms with Crippen molar-refractivity contribution < 1.29 is 4.39 Å². The largest absolute Gasteiger partial charge is 0.206 e. The second kappa shape index (κ2) is 10.6. The van der Waals surface area contributed by atoms with Gasteiger partial charge in [-0.15, -0.1) is 6.58 Å². The number of aryl methyl sites for hydroxylation is 2. The highest BCUT2D eigenvalue weighted by Crippen LogP contribution is 2.33. The van der Waals surface area contributed by atoms with Crippen LogP contribution in [0.4, 0.5) is 4.39 Å². The molecule has 1 heteroatoms. The molecule has 0 bridgehead atoms. The molecule has 1 saturated carbocycles. The van der Waals surface area contributed by atoms with Gasteiger partial charge in [-0.05, 0) is 97.6 Å². The van der Waals surface area contributed by atoms with Gasteiger partial charge in [0.05, 0.1) is 0 Å². The lowest BCUT2D eigenvalue weighted by Gasteiger charge is -2.26. The van der Waals surface area contributed by atoms with E-state index in [4.69, 9.17) is 0 Å². The standard InChI is InChI=1S/C31H33F/c1-3-5-24-10-12-25(13-11-24)14-15-27-17-21-30-29(22-27)20-19-28(31(30)32)18-16-26-8-6-23(4-2)7-9-26/h4,10-13,17,19-23,26H,2-3,5-9,16,18H2,1H3. The molecule has 0 radical (unpaired) electrons. The topological polar surface area (TPSA) is 0 Å². The zero-order valence-electron chi connectivity index (χ0n) is 19.2. The van der Waals surface area contributed by atoms with E-state index >= 15 is 4.39 Å². The van der Waals surface area contributed by atoms with E-state index in [1.807, 2.05) is 30.3 Å². The van der Waals surface area contributed by atoms with Crippen molar-refractivity contribution in [3.63, 3.8) is 0 Å². The zero-order chi connectivity index (χ0) is 22.3. The molecule has 1 fully saturated rings. The fourth-order valence-electron chi connectivity index (χ4n) is 4.87. The van der Waals surface area contributed by atoms with E-state index in [0.717, 1.165) is 53.7 Å². The van der Waals surface area contributed by atoms with Gasteiger partial charge in [0.15, 0.2) is 0 Å². The van der Waals surface area contributed by atoms with Crippen LogP contribution in [0.2, 0.25) is 0 Å². The summed E-state index contributed by atoms with van der Waals surface area (Å²) < 4.78 is 15.2. The molecule has 0 saturated heterocycles. The summed E-state index contributed by atoms with van der Waals surface area (Å²) >= 11 is 0. The maximum absolute atomic E-state index is 15.2. The number of hydrogen-bond donors (Lipinski definition) is 0. The Morgan fingerprint density at radius 3 is 2.34 bits per heavy atom. The number of allylic oxidation sites excluding steroid dienone is 1. The molecule has 0 N–H and O–H groups in total. The van der Waals surface area contributed by atoms with Crippen molar-refractivity contribution >= 4 is 10.8 Å². The molecule has 0 aliphatic heterocycles. The quantitative estimate of drug-likeness (QED) is 0.276. The number of hydrogen-bond acceptors (Lipinski definition) is 0. The summed E-state index contributed by atoms with van der Waals surface area (Å²) in [6.07, 6.45) is 11.2. The van der Waals surface area contributed by atoms with Gasteiger partial charge in [0.2, 0.25) is 0 Å². The van der Waals surface area contributed by atoms with Crippen molar-refractivity contribution in [2.24, 2.45) is 11.8 Å². The fourth-order valence-corrected chi connectivity index (χ4v) is 4.87. The van der Waals surface area contributed by atoms with Gasteiger partial charge in [0.1, 0.15) is 5.82 Å². The van der Waals surface area contributed by atoms with Gasteiger partial charge in [-0.3, -0.25) is 0 Å². The van der Waals surface area contributed by atoms with Crippen molar-refractivity contribution in [1.82, 2.24) is 0 Å². The molecule has 3 aromatic rings. The first kappa shape index (κ1) is 22.3. The molecule has 0 aromatic heterocycles. The molecule has 0 heterocycles. The number of benzene rings is 3. The summed E-state index contributed by atoms with van der Waals surface area (Å²) in [5.74, 6) is 7.81. The Kier molecular flexibility index (Phi) is 7.43. The number of halogens is 1. The Morgan fingerprint density at radius 2 is 1.62 bits per heavy atom. The molecule has 1 aliphatic rings. The smallest absolute Gasteiger partial charge is 0.134 e. The normalized spacial score (nSPS) is 18.2. The molecule has 3 aromatic carbocycles. The van der Waals surface area contributed by atoms with E-state index in [-0.39, 0.29) is 5.82 Å². The predicted molar refractivity (Wildman–Crippen MR) is 134 cm³/mol. The van der Waals surface area contributed by atoms with Crippen LogP contribution in [-0.4, -0.2) is 0 Å². The monoisotopic (exact) mass is 424 g/mol. The Bertz CT molecular complexity index is 1120. The van der Waals surface area contributed by atoms with E-state index < -0.39 is 0 Å². The summed E-state index contributed by atoms with van der Waals surface area (Å²) in [6.45, 7) is 6.12. The van der Waals surface area contributed by atoms with E-state index in [9.17, 15) is 0 Å². The molecule has 0 unspecified atom stereocenters. The average Bonchev–Trinajstić information content (AvgIpc) is 2.84. The van der Waals surface area contributed by atoms with Crippen LogP contribution in [-0.2, 0) is 12.8 Å². The van der Waals surface area contributed by atoms with Crippen LogP contribution in [0.25, 0.3) is 10.8 Å². The summed E-state index contributed by atoms with van der Waals surface area (Å²) in [5, 5.41) is 1.62. The molecule has 1 aliphatic carbocycles. The number of rotatable bonds is 6. The minimum atomic E-state index is -0.0618. The van der Waals surface area contributed by atoms with E-state index in [2.05, 4.69) is 55.7 Å². The highest BCUT2D eigenvalue weighted by molar-refractivity contribution is 5.85. The van der Waals surface area contributed by atoms with Crippen molar-refractivity contribution in [2.75, 3.05) is 0 Å². The Balaban J connectivity index is 1.43. The van der Waals surface area contributed by atoms with Gasteiger partial charge in [-0.2, -0.15) is 0 Å². The van der Waals surface area contributed by atoms with Crippen LogP contribution >= 0.6 is 0 Å². The third kappa shape index (κ3) is 5.49. The molecule has 0 amide bonds. The summed E-state index contributed by atoms with van der Waals surface area (Å²) in [6, 6.07) is 18.3. The second-order valence-corrected chi connectivity index (χ2v) is 9.23. The van der Waals surface area contributed by atoms with Crippen LogP contribution < -0.4 is 0 Å². The van der Waals surface area contributed by atoms with Gasteiger partial charge in [-0.1, -0.05) is 61.6 Å². The van der Waals surface area contributed by atoms with Crippen molar-refractivity contribution in [1.29, 1.82) is 0 Å². The van der Waals surface area contributed by atoms with Gasteiger partial charge < -0.3 is 0 Å². The lowest BCUT2D eigenvalue weighted by Crippen LogP contribution is -2.13. The first-order chi connectivity index (χ1) is 15.7. The third-order valence-corrected chi connectivity index (χ3v) is 6.92. The Labute approximate surface area is 192 Å². The predicted octanol–water partition coefficient (Wildman–Crippen LogP) is 8.26. The summed E-state index contributed by atoms with van der Waals surface area (Å²) in [4.78, 5) is 0. The maximum Gasteiger partial charge on any atom is 0.134 e. The van der Waals surface area contributed by atoms with Crippen LogP contribution in [0.1, 0.15) is 67.7 Å². The third-order valence-electron chi connectivity index (χ3n) is 6.92. The van der Waals surface area contributed by atoms with Crippen molar-refractivity contribution in [3.05, 3.63) is 95.3 Å². The van der Waals surface area contributed by atoms with Gasteiger partial charge in [0, 0.05) is 16.5 Å². The summed E-state index contributed by atoms with van der Waals surface area (Å²) in [5.41, 5.74) is 4.11. The summed E-state index contributed by atoms with van der Waals surface area (Å²) in [7, 11) is 0. The average molecular weight is 425 g/mol. The minimum absolute atomic E-state index is 0.0618. The van der Waals surface area contributed by atoms with Crippen LogP contribution in [0.5, 0.6) is 0 Å². The van der Waals surface area contributed by atoms with Gasteiger partial charge in [-0.25, -0.2) is 4.39 Å². The molecule has 0 spiro atoms. The first-order valence-electron chi connectivity index (χ1n) is 12.1. The second-order valence-electron chi connectivity index (χ2n) is 9.23. The molecular formula is C31H33F. The van der Waals surface area contributed by atoms with Gasteiger partial charge >= 0.3 is 0 Å². The van der Waals surface area contributed by atoms with E-state index in [0.29, 0.717) is 11.3 Å². The molecule has 4 rings (SSSR count). The molecule has 164 valence electrons. The Morgan fingerprint density at radius 1 is 0.906 bits per heavy atom. The van der Waals surface area contributed by atoms with E-state index in [1.54, 1.807) is 0 Å². The lowest BCUT2D eigenvalue weighted by molar-refractivity contribution is 0.295. The van der Waals surface area contributed by atoms with Crippen LogP contribution in [0.3, 0.4) is 0 Å².